The summed E-state index contributed by atoms with van der Waals surface area (Å²) in [5.74, 6) is 0. The molecule has 0 aliphatic rings. The molecule has 0 bridgehead atoms. The molecule has 0 unspecified atom stereocenters. The molecule has 2 aromatic rings. The van der Waals surface area contributed by atoms with E-state index in [1.807, 2.05) is 0 Å². The first-order valence-electron chi connectivity index (χ1n) is 11.5. The maximum Gasteiger partial charge on any atom is -0.00187 e. The van der Waals surface area contributed by atoms with Crippen LogP contribution >= 0.6 is 0 Å². The van der Waals surface area contributed by atoms with E-state index >= 15 is 0 Å². The lowest BCUT2D eigenvalue weighted by Crippen LogP contribution is -2.26. The molecule has 0 aliphatic carbocycles. The van der Waals surface area contributed by atoms with Crippen molar-refractivity contribution in [3.05, 3.63) is 48.0 Å². The van der Waals surface area contributed by atoms with Gasteiger partial charge in [-0.2, -0.15) is 0 Å². The van der Waals surface area contributed by atoms with Gasteiger partial charge < -0.3 is 10.4 Å². The predicted molar refractivity (Wildman–Crippen MR) is 125 cm³/mol. The van der Waals surface area contributed by atoms with Gasteiger partial charge in [0.25, 0.3) is 0 Å². The number of hydrogen-bond acceptors (Lipinski definition) is 1. The second-order valence-corrected chi connectivity index (χ2v) is 8.06. The summed E-state index contributed by atoms with van der Waals surface area (Å²) in [6, 6.07) is 15.5. The van der Waals surface area contributed by atoms with Crippen LogP contribution in [0, 0.1) is 0 Å². The van der Waals surface area contributed by atoms with Gasteiger partial charge in [-0.15, -0.1) is 0 Å². The third-order valence-electron chi connectivity index (χ3n) is 5.63. The standard InChI is InChI=1S/C26H41N.H2O/c1-3-21-27(22-4-2)23-14-10-8-6-5-7-9-11-16-24-18-15-19-25-17-12-13-20-26(24)25;/h12-13,15,17-20H,3-11,14,16,21-23H2,1-2H3;1H2. The number of aryl methyl sites for hydroxylation is 1. The maximum absolute atomic E-state index is 2.65. The van der Waals surface area contributed by atoms with Crippen LogP contribution in [-0.4, -0.2) is 30.0 Å². The summed E-state index contributed by atoms with van der Waals surface area (Å²) in [5.41, 5.74) is 1.52. The Labute approximate surface area is 173 Å². The predicted octanol–water partition coefficient (Wildman–Crippen LogP) is 6.80. The molecule has 158 valence electrons. The Kier molecular flexibility index (Phi) is 13.7. The molecule has 2 rings (SSSR count). The third-order valence-corrected chi connectivity index (χ3v) is 5.63. The normalized spacial score (nSPS) is 11.1. The summed E-state index contributed by atoms with van der Waals surface area (Å²) in [4.78, 5) is 2.65. The van der Waals surface area contributed by atoms with Gasteiger partial charge in [-0.3, -0.25) is 0 Å². The lowest BCUT2D eigenvalue weighted by atomic mass is 9.99. The highest BCUT2D eigenvalue weighted by Gasteiger charge is 2.02. The minimum atomic E-state index is 0. The highest BCUT2D eigenvalue weighted by Crippen LogP contribution is 2.20. The Morgan fingerprint density at radius 2 is 1.18 bits per heavy atom. The molecular weight excluding hydrogens is 342 g/mol. The lowest BCUT2D eigenvalue weighted by molar-refractivity contribution is 0.267. The van der Waals surface area contributed by atoms with Crippen molar-refractivity contribution in [3.8, 4) is 0 Å². The molecular formula is C26H43NO. The van der Waals surface area contributed by atoms with Gasteiger partial charge >= 0.3 is 0 Å². The molecule has 0 saturated heterocycles. The number of benzene rings is 2. The second-order valence-electron chi connectivity index (χ2n) is 8.06. The molecule has 0 aliphatic heterocycles. The maximum atomic E-state index is 2.65. The Bertz CT molecular complexity index is 613. The van der Waals surface area contributed by atoms with Crippen molar-refractivity contribution in [2.24, 2.45) is 0 Å². The Balaban J connectivity index is 0.00000392. The molecule has 0 atom stereocenters. The van der Waals surface area contributed by atoms with E-state index in [1.165, 1.54) is 107 Å². The van der Waals surface area contributed by atoms with Crippen LogP contribution in [0.5, 0.6) is 0 Å². The van der Waals surface area contributed by atoms with Crippen molar-refractivity contribution < 1.29 is 5.48 Å². The fraction of sp³-hybridized carbons (Fsp3) is 0.615. The Hall–Kier alpha value is -1.38. The molecule has 0 spiro atoms. The molecule has 0 saturated carbocycles. The van der Waals surface area contributed by atoms with Gasteiger partial charge in [0, 0.05) is 0 Å². The highest BCUT2D eigenvalue weighted by atomic mass is 16.0. The van der Waals surface area contributed by atoms with Crippen LogP contribution in [0.25, 0.3) is 10.8 Å². The van der Waals surface area contributed by atoms with Crippen molar-refractivity contribution >= 4 is 10.8 Å². The number of rotatable bonds is 15. The van der Waals surface area contributed by atoms with Crippen LogP contribution < -0.4 is 0 Å². The van der Waals surface area contributed by atoms with Crippen molar-refractivity contribution in [1.82, 2.24) is 4.90 Å². The third kappa shape index (κ3) is 9.21. The van der Waals surface area contributed by atoms with E-state index in [1.54, 1.807) is 0 Å². The minimum Gasteiger partial charge on any atom is -0.412 e. The first kappa shape index (κ1) is 24.7. The van der Waals surface area contributed by atoms with Crippen LogP contribution in [-0.2, 0) is 6.42 Å². The van der Waals surface area contributed by atoms with E-state index in [0.29, 0.717) is 0 Å². The summed E-state index contributed by atoms with van der Waals surface area (Å²) >= 11 is 0. The minimum absolute atomic E-state index is 0. The number of hydrogen-bond donors (Lipinski definition) is 0. The molecule has 0 radical (unpaired) electrons. The summed E-state index contributed by atoms with van der Waals surface area (Å²) < 4.78 is 0. The summed E-state index contributed by atoms with van der Waals surface area (Å²) in [6.07, 6.45) is 15.0. The highest BCUT2D eigenvalue weighted by molar-refractivity contribution is 5.85. The van der Waals surface area contributed by atoms with E-state index in [4.69, 9.17) is 0 Å². The number of fused-ring (bicyclic) bond motifs is 1. The first-order valence-corrected chi connectivity index (χ1v) is 11.5. The molecule has 2 N–H and O–H groups in total. The van der Waals surface area contributed by atoms with Gasteiger partial charge in [-0.25, -0.2) is 0 Å². The molecule has 0 amide bonds. The van der Waals surface area contributed by atoms with E-state index in [2.05, 4.69) is 61.2 Å². The van der Waals surface area contributed by atoms with Crippen molar-refractivity contribution in [2.75, 3.05) is 19.6 Å². The number of unbranched alkanes of at least 4 members (excludes halogenated alkanes) is 7. The van der Waals surface area contributed by atoms with Crippen molar-refractivity contribution in [2.45, 2.75) is 84.5 Å². The summed E-state index contributed by atoms with van der Waals surface area (Å²) in [5, 5.41) is 2.83. The zero-order chi connectivity index (χ0) is 19.2. The van der Waals surface area contributed by atoms with E-state index in [0.717, 1.165) is 0 Å². The SMILES string of the molecule is CCCN(CCC)CCCCCCCCCCc1cccc2ccccc12.O. The van der Waals surface area contributed by atoms with Crippen molar-refractivity contribution in [1.29, 1.82) is 0 Å². The largest absolute Gasteiger partial charge is 0.412 e. The van der Waals surface area contributed by atoms with Gasteiger partial charge in [-0.05, 0) is 68.1 Å². The molecule has 0 heterocycles. The lowest BCUT2D eigenvalue weighted by Gasteiger charge is -2.20. The Morgan fingerprint density at radius 1 is 0.607 bits per heavy atom. The van der Waals surface area contributed by atoms with Crippen LogP contribution in [0.4, 0.5) is 0 Å². The second kappa shape index (κ2) is 15.5. The van der Waals surface area contributed by atoms with E-state index < -0.39 is 0 Å². The van der Waals surface area contributed by atoms with Crippen molar-refractivity contribution in [3.63, 3.8) is 0 Å². The molecule has 0 fully saturated rings. The zero-order valence-corrected chi connectivity index (χ0v) is 18.4. The Morgan fingerprint density at radius 3 is 1.86 bits per heavy atom. The average molecular weight is 386 g/mol. The van der Waals surface area contributed by atoms with E-state index in [9.17, 15) is 0 Å². The van der Waals surface area contributed by atoms with Crippen LogP contribution in [0.1, 0.15) is 83.6 Å². The fourth-order valence-corrected chi connectivity index (χ4v) is 4.19. The fourth-order valence-electron chi connectivity index (χ4n) is 4.19. The van der Waals surface area contributed by atoms with Crippen LogP contribution in [0.15, 0.2) is 42.5 Å². The molecule has 2 aromatic carbocycles. The van der Waals surface area contributed by atoms with Gasteiger partial charge in [0.1, 0.15) is 0 Å². The van der Waals surface area contributed by atoms with Gasteiger partial charge in [-0.1, -0.05) is 94.8 Å². The monoisotopic (exact) mass is 385 g/mol. The summed E-state index contributed by atoms with van der Waals surface area (Å²) in [7, 11) is 0. The number of nitrogens with zero attached hydrogens (tertiary/aromatic N) is 1. The first-order chi connectivity index (χ1) is 13.3. The van der Waals surface area contributed by atoms with Gasteiger partial charge in [0.15, 0.2) is 0 Å². The van der Waals surface area contributed by atoms with Gasteiger partial charge in [0.2, 0.25) is 0 Å². The molecule has 2 nitrogen and oxygen atoms in total. The molecule has 28 heavy (non-hydrogen) atoms. The zero-order valence-electron chi connectivity index (χ0n) is 18.4. The van der Waals surface area contributed by atoms with Crippen LogP contribution in [0.3, 0.4) is 0 Å². The topological polar surface area (TPSA) is 34.7 Å². The average Bonchev–Trinajstić information content (AvgIpc) is 2.69. The summed E-state index contributed by atoms with van der Waals surface area (Å²) in [6.45, 7) is 8.47. The van der Waals surface area contributed by atoms with E-state index in [-0.39, 0.29) is 5.48 Å². The smallest absolute Gasteiger partial charge is 0.00187 e. The molecule has 2 heteroatoms. The molecule has 0 aromatic heterocycles. The van der Waals surface area contributed by atoms with Gasteiger partial charge in [0.05, 0.1) is 0 Å². The quantitative estimate of drug-likeness (QED) is 0.310. The van der Waals surface area contributed by atoms with Crippen LogP contribution in [0.2, 0.25) is 0 Å².